The van der Waals surface area contributed by atoms with Crippen molar-refractivity contribution in [1.29, 1.82) is 0 Å². The van der Waals surface area contributed by atoms with Gasteiger partial charge in [0.1, 0.15) is 0 Å². The van der Waals surface area contributed by atoms with Crippen molar-refractivity contribution in [3.8, 4) is 0 Å². The predicted octanol–water partition coefficient (Wildman–Crippen LogP) is 2.48. The fourth-order valence-corrected chi connectivity index (χ4v) is 2.03. The SMILES string of the molecule is CCN(CC)C(=O)c1c(C)ccc(C)c1C(=O)O. The van der Waals surface area contributed by atoms with E-state index < -0.39 is 5.97 Å². The van der Waals surface area contributed by atoms with Crippen LogP contribution in [0.3, 0.4) is 0 Å². The van der Waals surface area contributed by atoms with E-state index in [0.717, 1.165) is 0 Å². The van der Waals surface area contributed by atoms with E-state index >= 15 is 0 Å². The van der Waals surface area contributed by atoms with E-state index in [1.807, 2.05) is 13.8 Å². The Morgan fingerprint density at radius 2 is 1.50 bits per heavy atom. The molecule has 0 bridgehead atoms. The van der Waals surface area contributed by atoms with Crippen molar-refractivity contribution in [2.75, 3.05) is 13.1 Å². The molecule has 0 aliphatic carbocycles. The second-order valence-electron chi connectivity index (χ2n) is 4.23. The number of benzene rings is 1. The summed E-state index contributed by atoms with van der Waals surface area (Å²) >= 11 is 0. The van der Waals surface area contributed by atoms with Crippen LogP contribution in [0, 0.1) is 13.8 Å². The molecule has 0 fully saturated rings. The molecule has 0 aliphatic heterocycles. The Morgan fingerprint density at radius 1 is 1.06 bits per heavy atom. The molecule has 0 saturated carbocycles. The molecule has 4 nitrogen and oxygen atoms in total. The van der Waals surface area contributed by atoms with E-state index in [0.29, 0.717) is 29.8 Å². The van der Waals surface area contributed by atoms with Crippen molar-refractivity contribution in [2.45, 2.75) is 27.7 Å². The highest BCUT2D eigenvalue weighted by Crippen LogP contribution is 2.20. The Labute approximate surface area is 107 Å². The van der Waals surface area contributed by atoms with Crippen LogP contribution in [-0.4, -0.2) is 35.0 Å². The molecule has 1 amide bonds. The molecule has 0 radical (unpaired) electrons. The summed E-state index contributed by atoms with van der Waals surface area (Å²) in [5.74, 6) is -1.26. The number of hydrogen-bond acceptors (Lipinski definition) is 2. The average molecular weight is 249 g/mol. The number of amides is 1. The first kappa shape index (κ1) is 14.2. The lowest BCUT2D eigenvalue weighted by atomic mass is 9.96. The fourth-order valence-electron chi connectivity index (χ4n) is 2.03. The lowest BCUT2D eigenvalue weighted by molar-refractivity contribution is 0.0677. The highest BCUT2D eigenvalue weighted by Gasteiger charge is 2.23. The number of aryl methyl sites for hydroxylation is 2. The molecule has 1 N–H and O–H groups in total. The third-order valence-electron chi connectivity index (χ3n) is 3.10. The second-order valence-corrected chi connectivity index (χ2v) is 4.23. The van der Waals surface area contributed by atoms with Crippen molar-refractivity contribution in [2.24, 2.45) is 0 Å². The van der Waals surface area contributed by atoms with Crippen molar-refractivity contribution in [1.82, 2.24) is 4.90 Å². The molecular formula is C14H19NO3. The zero-order valence-corrected chi connectivity index (χ0v) is 11.3. The lowest BCUT2D eigenvalue weighted by Crippen LogP contribution is -2.32. The summed E-state index contributed by atoms with van der Waals surface area (Å²) in [7, 11) is 0. The van der Waals surface area contributed by atoms with Crippen LogP contribution in [0.25, 0.3) is 0 Å². The molecule has 4 heteroatoms. The van der Waals surface area contributed by atoms with Gasteiger partial charge in [0.25, 0.3) is 5.91 Å². The summed E-state index contributed by atoms with van der Waals surface area (Å²) in [5.41, 5.74) is 1.75. The number of carbonyl (C=O) groups excluding carboxylic acids is 1. The molecule has 1 aromatic carbocycles. The first-order chi connectivity index (χ1) is 8.43. The van der Waals surface area contributed by atoms with Crippen LogP contribution in [0.2, 0.25) is 0 Å². The summed E-state index contributed by atoms with van der Waals surface area (Å²) in [6.45, 7) is 8.38. The van der Waals surface area contributed by atoms with Crippen LogP contribution < -0.4 is 0 Å². The summed E-state index contributed by atoms with van der Waals surface area (Å²) in [6, 6.07) is 3.52. The molecule has 0 heterocycles. The highest BCUT2D eigenvalue weighted by molar-refractivity contribution is 6.06. The zero-order chi connectivity index (χ0) is 13.9. The molecule has 1 aromatic rings. The van der Waals surface area contributed by atoms with E-state index in [1.54, 1.807) is 30.9 Å². The average Bonchev–Trinajstić information content (AvgIpc) is 2.32. The summed E-state index contributed by atoms with van der Waals surface area (Å²) in [5, 5.41) is 9.28. The van der Waals surface area contributed by atoms with Crippen molar-refractivity contribution >= 4 is 11.9 Å². The van der Waals surface area contributed by atoms with Gasteiger partial charge in [0.2, 0.25) is 0 Å². The number of rotatable bonds is 4. The third-order valence-corrected chi connectivity index (χ3v) is 3.10. The minimum Gasteiger partial charge on any atom is -0.478 e. The molecule has 18 heavy (non-hydrogen) atoms. The van der Waals surface area contributed by atoms with E-state index in [2.05, 4.69) is 0 Å². The number of aromatic carboxylic acids is 1. The largest absolute Gasteiger partial charge is 0.478 e. The quantitative estimate of drug-likeness (QED) is 0.891. The van der Waals surface area contributed by atoms with E-state index in [1.165, 1.54) is 0 Å². The Balaban J connectivity index is 3.43. The van der Waals surface area contributed by atoms with Gasteiger partial charge in [-0.15, -0.1) is 0 Å². The molecular weight excluding hydrogens is 230 g/mol. The summed E-state index contributed by atoms with van der Waals surface area (Å²) < 4.78 is 0. The van der Waals surface area contributed by atoms with Gasteiger partial charge in [0.15, 0.2) is 0 Å². The van der Waals surface area contributed by atoms with Crippen LogP contribution in [0.1, 0.15) is 45.7 Å². The van der Waals surface area contributed by atoms with Crippen LogP contribution >= 0.6 is 0 Å². The molecule has 0 aliphatic rings. The maximum Gasteiger partial charge on any atom is 0.336 e. The van der Waals surface area contributed by atoms with E-state index in [-0.39, 0.29) is 11.5 Å². The molecule has 98 valence electrons. The Morgan fingerprint density at radius 3 is 1.89 bits per heavy atom. The van der Waals surface area contributed by atoms with Crippen LogP contribution in [0.4, 0.5) is 0 Å². The molecule has 0 unspecified atom stereocenters. The van der Waals surface area contributed by atoms with Gasteiger partial charge in [-0.25, -0.2) is 4.79 Å². The second kappa shape index (κ2) is 5.67. The predicted molar refractivity (Wildman–Crippen MR) is 70.1 cm³/mol. The summed E-state index contributed by atoms with van der Waals surface area (Å²) in [4.78, 5) is 25.3. The highest BCUT2D eigenvalue weighted by atomic mass is 16.4. The zero-order valence-electron chi connectivity index (χ0n) is 11.3. The maximum absolute atomic E-state index is 12.4. The van der Waals surface area contributed by atoms with Gasteiger partial charge in [-0.2, -0.15) is 0 Å². The van der Waals surface area contributed by atoms with Gasteiger partial charge < -0.3 is 10.0 Å². The van der Waals surface area contributed by atoms with Crippen molar-refractivity contribution < 1.29 is 14.7 Å². The number of carboxylic acids is 1. The molecule has 0 aromatic heterocycles. The first-order valence-electron chi connectivity index (χ1n) is 6.06. The minimum absolute atomic E-state index is 0.118. The normalized spacial score (nSPS) is 10.2. The smallest absolute Gasteiger partial charge is 0.336 e. The standard InChI is InChI=1S/C14H19NO3/c1-5-15(6-2)13(16)11-9(3)7-8-10(4)12(11)14(17)18/h7-8H,5-6H2,1-4H3,(H,17,18). The van der Waals surface area contributed by atoms with Gasteiger partial charge in [-0.3, -0.25) is 4.79 Å². The van der Waals surface area contributed by atoms with Crippen molar-refractivity contribution in [3.05, 3.63) is 34.4 Å². The monoisotopic (exact) mass is 249 g/mol. The Hall–Kier alpha value is -1.84. The number of carbonyl (C=O) groups is 2. The number of nitrogens with zero attached hydrogens (tertiary/aromatic N) is 1. The van der Waals surface area contributed by atoms with Gasteiger partial charge >= 0.3 is 5.97 Å². The van der Waals surface area contributed by atoms with E-state index in [4.69, 9.17) is 0 Å². The topological polar surface area (TPSA) is 57.6 Å². The number of carboxylic acid groups (broad SMARTS) is 1. The number of hydrogen-bond donors (Lipinski definition) is 1. The maximum atomic E-state index is 12.4. The van der Waals surface area contributed by atoms with Gasteiger partial charge in [-0.1, -0.05) is 12.1 Å². The van der Waals surface area contributed by atoms with Crippen LogP contribution in [0.15, 0.2) is 12.1 Å². The van der Waals surface area contributed by atoms with E-state index in [9.17, 15) is 14.7 Å². The Kier molecular flexibility index (Phi) is 4.48. The Bertz CT molecular complexity index is 476. The third kappa shape index (κ3) is 2.53. The molecule has 1 rings (SSSR count). The minimum atomic E-state index is -1.05. The molecule has 0 spiro atoms. The lowest BCUT2D eigenvalue weighted by Gasteiger charge is -2.21. The van der Waals surface area contributed by atoms with Gasteiger partial charge in [-0.05, 0) is 38.8 Å². The van der Waals surface area contributed by atoms with Crippen molar-refractivity contribution in [3.63, 3.8) is 0 Å². The fraction of sp³-hybridized carbons (Fsp3) is 0.429. The molecule has 0 saturated heterocycles. The van der Waals surface area contributed by atoms with Gasteiger partial charge in [0, 0.05) is 13.1 Å². The van der Waals surface area contributed by atoms with Gasteiger partial charge in [0.05, 0.1) is 11.1 Å². The van der Waals surface area contributed by atoms with Crippen LogP contribution in [0.5, 0.6) is 0 Å². The van der Waals surface area contributed by atoms with Crippen LogP contribution in [-0.2, 0) is 0 Å². The summed E-state index contributed by atoms with van der Waals surface area (Å²) in [6.07, 6.45) is 0. The first-order valence-corrected chi connectivity index (χ1v) is 6.06. The molecule has 0 atom stereocenters.